The molecule has 0 radical (unpaired) electrons. The molecule has 2 saturated heterocycles. The summed E-state index contributed by atoms with van der Waals surface area (Å²) in [6, 6.07) is 0. The molecule has 2 aliphatic heterocycles. The van der Waals surface area contributed by atoms with E-state index < -0.39 is 5.92 Å². The van der Waals surface area contributed by atoms with Gasteiger partial charge in [-0.1, -0.05) is 0 Å². The van der Waals surface area contributed by atoms with E-state index in [1.807, 2.05) is 11.9 Å². The topological polar surface area (TPSA) is 3.24 Å². The highest BCUT2D eigenvalue weighted by atomic mass is 19.3. The Hall–Kier alpha value is -0.180. The predicted molar refractivity (Wildman–Crippen MR) is 34.0 cm³/mol. The van der Waals surface area contributed by atoms with E-state index >= 15 is 0 Å². The van der Waals surface area contributed by atoms with Crippen LogP contribution in [0.15, 0.2) is 0 Å². The SMILES string of the molecule is CN1CC2CC(C1)C2(F)F. The van der Waals surface area contributed by atoms with Gasteiger partial charge in [0.05, 0.1) is 0 Å². The summed E-state index contributed by atoms with van der Waals surface area (Å²) in [6.07, 6.45) is 0.747. The first-order valence-electron chi connectivity index (χ1n) is 3.67. The van der Waals surface area contributed by atoms with Crippen molar-refractivity contribution in [3.8, 4) is 0 Å². The first-order chi connectivity index (χ1) is 4.60. The van der Waals surface area contributed by atoms with Gasteiger partial charge in [0, 0.05) is 24.9 Å². The fourth-order valence-corrected chi connectivity index (χ4v) is 2.05. The number of hydrogen-bond acceptors (Lipinski definition) is 1. The van der Waals surface area contributed by atoms with E-state index in [0.717, 1.165) is 6.42 Å². The van der Waals surface area contributed by atoms with Crippen molar-refractivity contribution in [2.75, 3.05) is 20.1 Å². The minimum Gasteiger partial charge on any atom is -0.305 e. The Morgan fingerprint density at radius 3 is 2.10 bits per heavy atom. The number of fused-ring (bicyclic) bond motifs is 2. The van der Waals surface area contributed by atoms with Gasteiger partial charge in [0.25, 0.3) is 5.92 Å². The van der Waals surface area contributed by atoms with Gasteiger partial charge in [-0.15, -0.1) is 0 Å². The summed E-state index contributed by atoms with van der Waals surface area (Å²) in [7, 11) is 1.91. The van der Waals surface area contributed by atoms with Crippen molar-refractivity contribution in [3.63, 3.8) is 0 Å². The molecule has 0 aromatic carbocycles. The van der Waals surface area contributed by atoms with Crippen LogP contribution in [0.5, 0.6) is 0 Å². The van der Waals surface area contributed by atoms with Gasteiger partial charge in [0.1, 0.15) is 0 Å². The molecular weight excluding hydrogens is 136 g/mol. The van der Waals surface area contributed by atoms with Crippen molar-refractivity contribution in [2.45, 2.75) is 12.3 Å². The molecule has 2 heterocycles. The maximum atomic E-state index is 12.8. The van der Waals surface area contributed by atoms with E-state index in [2.05, 4.69) is 0 Å². The standard InChI is InChI=1S/C7H11F2N/c1-10-3-5-2-6(4-10)7(5,8)9/h5-6H,2-4H2,1H3. The van der Waals surface area contributed by atoms with Crippen LogP contribution < -0.4 is 0 Å². The van der Waals surface area contributed by atoms with Gasteiger partial charge in [0.2, 0.25) is 0 Å². The summed E-state index contributed by atoms with van der Waals surface area (Å²) in [4.78, 5) is 2.00. The number of hydrogen-bond donors (Lipinski definition) is 0. The smallest absolute Gasteiger partial charge is 0.256 e. The molecule has 1 aliphatic carbocycles. The molecule has 10 heavy (non-hydrogen) atoms. The molecule has 1 nitrogen and oxygen atoms in total. The number of rotatable bonds is 0. The van der Waals surface area contributed by atoms with E-state index in [4.69, 9.17) is 0 Å². The third-order valence-corrected chi connectivity index (χ3v) is 2.72. The highest BCUT2D eigenvalue weighted by Crippen LogP contribution is 2.51. The monoisotopic (exact) mass is 147 g/mol. The van der Waals surface area contributed by atoms with Crippen molar-refractivity contribution in [1.82, 2.24) is 4.90 Å². The van der Waals surface area contributed by atoms with Crippen LogP contribution in [0.3, 0.4) is 0 Å². The van der Waals surface area contributed by atoms with Crippen molar-refractivity contribution in [3.05, 3.63) is 0 Å². The zero-order valence-corrected chi connectivity index (χ0v) is 5.98. The van der Waals surface area contributed by atoms with E-state index in [1.54, 1.807) is 0 Å². The van der Waals surface area contributed by atoms with Crippen LogP contribution in [-0.4, -0.2) is 31.0 Å². The lowest BCUT2D eigenvalue weighted by Crippen LogP contribution is -2.61. The van der Waals surface area contributed by atoms with Crippen LogP contribution in [0.4, 0.5) is 8.78 Å². The third kappa shape index (κ3) is 0.641. The Balaban J connectivity index is 2.10. The van der Waals surface area contributed by atoms with Gasteiger partial charge in [0.15, 0.2) is 0 Å². The zero-order chi connectivity index (χ0) is 7.35. The van der Waals surface area contributed by atoms with Gasteiger partial charge in [-0.25, -0.2) is 8.78 Å². The molecule has 3 heteroatoms. The summed E-state index contributed by atoms with van der Waals surface area (Å²) >= 11 is 0. The molecule has 0 N–H and O–H groups in total. The predicted octanol–water partition coefficient (Wildman–Crippen LogP) is 1.20. The minimum absolute atomic E-state index is 0.337. The second-order valence-electron chi connectivity index (χ2n) is 3.53. The molecule has 58 valence electrons. The van der Waals surface area contributed by atoms with Crippen LogP contribution in [0.25, 0.3) is 0 Å². The second-order valence-corrected chi connectivity index (χ2v) is 3.53. The van der Waals surface area contributed by atoms with Crippen LogP contribution in [0.1, 0.15) is 6.42 Å². The number of alkyl halides is 2. The van der Waals surface area contributed by atoms with Gasteiger partial charge in [-0.3, -0.25) is 0 Å². The molecule has 3 aliphatic rings. The van der Waals surface area contributed by atoms with Gasteiger partial charge < -0.3 is 4.90 Å². The molecule has 2 unspecified atom stereocenters. The first-order valence-corrected chi connectivity index (χ1v) is 3.67. The number of piperidine rings is 2. The first kappa shape index (κ1) is 6.53. The van der Waals surface area contributed by atoms with Crippen LogP contribution in [-0.2, 0) is 0 Å². The number of halogens is 2. The molecule has 2 bridgehead atoms. The molecule has 0 aromatic rings. The molecule has 3 fully saturated rings. The Morgan fingerprint density at radius 2 is 1.80 bits per heavy atom. The van der Waals surface area contributed by atoms with Crippen molar-refractivity contribution < 1.29 is 8.78 Å². The zero-order valence-electron chi connectivity index (χ0n) is 5.98. The summed E-state index contributed by atoms with van der Waals surface area (Å²) in [5.74, 6) is -3.00. The summed E-state index contributed by atoms with van der Waals surface area (Å²) < 4.78 is 25.6. The summed E-state index contributed by atoms with van der Waals surface area (Å²) in [5.41, 5.74) is 0. The maximum absolute atomic E-state index is 12.8. The van der Waals surface area contributed by atoms with Gasteiger partial charge in [-0.05, 0) is 13.5 Å². The highest BCUT2D eigenvalue weighted by molar-refractivity contribution is 5.02. The second kappa shape index (κ2) is 1.70. The van der Waals surface area contributed by atoms with E-state index in [-0.39, 0.29) is 11.8 Å². The van der Waals surface area contributed by atoms with Crippen molar-refractivity contribution in [1.29, 1.82) is 0 Å². The van der Waals surface area contributed by atoms with E-state index in [9.17, 15) is 8.78 Å². The lowest BCUT2D eigenvalue weighted by atomic mass is 9.67. The molecule has 1 saturated carbocycles. The average molecular weight is 147 g/mol. The molecule has 3 rings (SSSR count). The van der Waals surface area contributed by atoms with Crippen LogP contribution >= 0.6 is 0 Å². The third-order valence-electron chi connectivity index (χ3n) is 2.72. The minimum atomic E-state index is -2.33. The maximum Gasteiger partial charge on any atom is 0.256 e. The Bertz CT molecular complexity index is 144. The summed E-state index contributed by atoms with van der Waals surface area (Å²) in [6.45, 7) is 1.17. The van der Waals surface area contributed by atoms with Crippen molar-refractivity contribution >= 4 is 0 Å². The Labute approximate surface area is 59.0 Å². The largest absolute Gasteiger partial charge is 0.305 e. The lowest BCUT2D eigenvalue weighted by Gasteiger charge is -2.52. The lowest BCUT2D eigenvalue weighted by molar-refractivity contribution is -0.223. The summed E-state index contributed by atoms with van der Waals surface area (Å²) in [5, 5.41) is 0. The van der Waals surface area contributed by atoms with E-state index in [0.29, 0.717) is 13.1 Å². The molecular formula is C7H11F2N. The van der Waals surface area contributed by atoms with Gasteiger partial charge in [-0.2, -0.15) is 0 Å². The molecule has 0 spiro atoms. The Morgan fingerprint density at radius 1 is 1.30 bits per heavy atom. The number of nitrogens with zero attached hydrogens (tertiary/aromatic N) is 1. The van der Waals surface area contributed by atoms with E-state index in [1.165, 1.54) is 0 Å². The quantitative estimate of drug-likeness (QED) is 0.497. The molecule has 2 atom stereocenters. The molecule has 0 aromatic heterocycles. The molecule has 0 amide bonds. The highest BCUT2D eigenvalue weighted by Gasteiger charge is 2.60. The van der Waals surface area contributed by atoms with Crippen molar-refractivity contribution in [2.24, 2.45) is 11.8 Å². The van der Waals surface area contributed by atoms with Crippen LogP contribution in [0, 0.1) is 11.8 Å². The fourth-order valence-electron chi connectivity index (χ4n) is 2.05. The fraction of sp³-hybridized carbons (Fsp3) is 1.00. The van der Waals surface area contributed by atoms with Crippen LogP contribution in [0.2, 0.25) is 0 Å². The average Bonchev–Trinajstić information content (AvgIpc) is 1.87. The van der Waals surface area contributed by atoms with Gasteiger partial charge >= 0.3 is 0 Å². The Kier molecular flexibility index (Phi) is 1.11. The normalized spacial score (nSPS) is 44.7.